The minimum atomic E-state index is -0.0990. The minimum Gasteiger partial charge on any atom is -0.392 e. The summed E-state index contributed by atoms with van der Waals surface area (Å²) in [4.78, 5) is 0. The fourth-order valence-corrected chi connectivity index (χ4v) is 2.24. The van der Waals surface area contributed by atoms with Crippen molar-refractivity contribution in [3.05, 3.63) is 0 Å². The number of hydrogen-bond donors (Lipinski definition) is 2. The van der Waals surface area contributed by atoms with Crippen molar-refractivity contribution in [3.8, 4) is 0 Å². The normalized spacial score (nSPS) is 28.3. The van der Waals surface area contributed by atoms with Gasteiger partial charge in [-0.25, -0.2) is 0 Å². The molecule has 14 heavy (non-hydrogen) atoms. The van der Waals surface area contributed by atoms with Gasteiger partial charge < -0.3 is 10.4 Å². The van der Waals surface area contributed by atoms with Crippen LogP contribution in [0.3, 0.4) is 0 Å². The molecule has 0 unspecified atom stereocenters. The quantitative estimate of drug-likeness (QED) is 0.712. The Morgan fingerprint density at radius 2 is 1.86 bits per heavy atom. The molecule has 0 aromatic heterocycles. The summed E-state index contributed by atoms with van der Waals surface area (Å²) in [5.41, 5.74) is 0. The first-order valence-corrected chi connectivity index (χ1v) is 6.19. The van der Waals surface area contributed by atoms with E-state index in [2.05, 4.69) is 19.2 Å². The molecule has 0 aromatic carbocycles. The van der Waals surface area contributed by atoms with Gasteiger partial charge in [0.2, 0.25) is 0 Å². The zero-order chi connectivity index (χ0) is 10.4. The molecular formula is C12H25NO. The van der Waals surface area contributed by atoms with Crippen LogP contribution in [0.5, 0.6) is 0 Å². The van der Waals surface area contributed by atoms with Crippen LogP contribution >= 0.6 is 0 Å². The molecule has 0 amide bonds. The maximum Gasteiger partial charge on any atom is 0.0693 e. The van der Waals surface area contributed by atoms with Crippen molar-refractivity contribution < 1.29 is 5.11 Å². The summed E-state index contributed by atoms with van der Waals surface area (Å²) in [6.07, 6.45) is 7.00. The van der Waals surface area contributed by atoms with Crippen LogP contribution in [0.1, 0.15) is 52.4 Å². The van der Waals surface area contributed by atoms with Gasteiger partial charge in [0, 0.05) is 6.04 Å². The summed E-state index contributed by atoms with van der Waals surface area (Å²) < 4.78 is 0. The summed E-state index contributed by atoms with van der Waals surface area (Å²) in [5.74, 6) is 0.782. The highest BCUT2D eigenvalue weighted by Gasteiger charge is 2.22. The molecule has 84 valence electrons. The molecule has 2 atom stereocenters. The van der Waals surface area contributed by atoms with Gasteiger partial charge in [0.05, 0.1) is 6.10 Å². The zero-order valence-electron chi connectivity index (χ0n) is 9.63. The van der Waals surface area contributed by atoms with Crippen LogP contribution in [0.4, 0.5) is 0 Å². The van der Waals surface area contributed by atoms with Gasteiger partial charge in [-0.3, -0.25) is 0 Å². The Balaban J connectivity index is 2.21. The molecule has 0 aliphatic heterocycles. The lowest BCUT2D eigenvalue weighted by Crippen LogP contribution is -2.43. The van der Waals surface area contributed by atoms with E-state index in [9.17, 15) is 5.11 Å². The Morgan fingerprint density at radius 1 is 1.21 bits per heavy atom. The third-order valence-corrected chi connectivity index (χ3v) is 3.55. The molecular weight excluding hydrogens is 174 g/mol. The van der Waals surface area contributed by atoms with Crippen molar-refractivity contribution in [3.63, 3.8) is 0 Å². The lowest BCUT2D eigenvalue weighted by atomic mass is 9.92. The van der Waals surface area contributed by atoms with E-state index in [4.69, 9.17) is 0 Å². The Kier molecular flexibility index (Phi) is 5.49. The molecule has 2 nitrogen and oxygen atoms in total. The molecule has 2 heteroatoms. The first kappa shape index (κ1) is 12.0. The number of hydrogen-bond acceptors (Lipinski definition) is 2. The maximum absolute atomic E-state index is 9.76. The van der Waals surface area contributed by atoms with E-state index in [1.807, 2.05) is 0 Å². The summed E-state index contributed by atoms with van der Waals surface area (Å²) in [5, 5.41) is 13.3. The monoisotopic (exact) mass is 199 g/mol. The number of nitrogens with one attached hydrogen (secondary N) is 1. The second kappa shape index (κ2) is 6.41. The fraction of sp³-hybridized carbons (Fsp3) is 1.00. The first-order chi connectivity index (χ1) is 6.77. The van der Waals surface area contributed by atoms with Gasteiger partial charge in [-0.05, 0) is 25.3 Å². The Hall–Kier alpha value is -0.0800. The highest BCUT2D eigenvalue weighted by molar-refractivity contribution is 4.80. The van der Waals surface area contributed by atoms with E-state index in [-0.39, 0.29) is 6.10 Å². The van der Waals surface area contributed by atoms with Crippen LogP contribution in [0.2, 0.25) is 0 Å². The predicted molar refractivity (Wildman–Crippen MR) is 60.3 cm³/mol. The standard InChI is InChI=1S/C12H25NO/c1-3-10(4-2)9-13-11-7-5-6-8-12(11)14/h10-14H,3-9H2,1-2H3/t11-,12+/m0/s1. The van der Waals surface area contributed by atoms with E-state index in [0.717, 1.165) is 25.3 Å². The molecule has 0 saturated heterocycles. The summed E-state index contributed by atoms with van der Waals surface area (Å²) in [6.45, 7) is 5.56. The van der Waals surface area contributed by atoms with E-state index in [0.29, 0.717) is 6.04 Å². The number of rotatable bonds is 5. The molecule has 1 aliphatic rings. The SMILES string of the molecule is CCC(CC)CN[C@H]1CCCC[C@H]1O. The van der Waals surface area contributed by atoms with Crippen LogP contribution in [0.25, 0.3) is 0 Å². The van der Waals surface area contributed by atoms with Gasteiger partial charge >= 0.3 is 0 Å². The van der Waals surface area contributed by atoms with Crippen LogP contribution in [0, 0.1) is 5.92 Å². The minimum absolute atomic E-state index is 0.0990. The van der Waals surface area contributed by atoms with Gasteiger partial charge in [0.1, 0.15) is 0 Å². The van der Waals surface area contributed by atoms with Crippen molar-refractivity contribution in [1.29, 1.82) is 0 Å². The van der Waals surface area contributed by atoms with Crippen molar-refractivity contribution in [2.75, 3.05) is 6.54 Å². The average molecular weight is 199 g/mol. The van der Waals surface area contributed by atoms with E-state index in [1.165, 1.54) is 25.7 Å². The topological polar surface area (TPSA) is 32.3 Å². The van der Waals surface area contributed by atoms with Gasteiger partial charge in [0.15, 0.2) is 0 Å². The van der Waals surface area contributed by atoms with Crippen LogP contribution in [0.15, 0.2) is 0 Å². The molecule has 2 N–H and O–H groups in total. The third kappa shape index (κ3) is 3.58. The van der Waals surface area contributed by atoms with Crippen LogP contribution < -0.4 is 5.32 Å². The third-order valence-electron chi connectivity index (χ3n) is 3.55. The van der Waals surface area contributed by atoms with E-state index >= 15 is 0 Å². The van der Waals surface area contributed by atoms with Gasteiger partial charge in [-0.1, -0.05) is 39.5 Å². The van der Waals surface area contributed by atoms with E-state index in [1.54, 1.807) is 0 Å². The summed E-state index contributed by atoms with van der Waals surface area (Å²) >= 11 is 0. The molecule has 0 radical (unpaired) electrons. The lowest BCUT2D eigenvalue weighted by molar-refractivity contribution is 0.0886. The molecule has 0 bridgehead atoms. The Labute approximate surface area is 88.1 Å². The largest absolute Gasteiger partial charge is 0.392 e. The molecule has 1 rings (SSSR count). The molecule has 1 aliphatic carbocycles. The fourth-order valence-electron chi connectivity index (χ4n) is 2.24. The van der Waals surface area contributed by atoms with Crippen molar-refractivity contribution in [1.82, 2.24) is 5.32 Å². The molecule has 0 spiro atoms. The second-order valence-electron chi connectivity index (χ2n) is 4.55. The summed E-state index contributed by atoms with van der Waals surface area (Å²) in [6, 6.07) is 0.365. The van der Waals surface area contributed by atoms with E-state index < -0.39 is 0 Å². The second-order valence-corrected chi connectivity index (χ2v) is 4.55. The Bertz CT molecular complexity index is 145. The highest BCUT2D eigenvalue weighted by Crippen LogP contribution is 2.18. The molecule has 1 fully saturated rings. The lowest BCUT2D eigenvalue weighted by Gasteiger charge is -2.29. The molecule has 1 saturated carbocycles. The number of aliphatic hydroxyl groups excluding tert-OH is 1. The molecule has 0 aromatic rings. The van der Waals surface area contributed by atoms with Gasteiger partial charge in [0.25, 0.3) is 0 Å². The smallest absolute Gasteiger partial charge is 0.0693 e. The molecule has 0 heterocycles. The van der Waals surface area contributed by atoms with Gasteiger partial charge in [-0.15, -0.1) is 0 Å². The maximum atomic E-state index is 9.76. The van der Waals surface area contributed by atoms with Crippen LogP contribution in [-0.2, 0) is 0 Å². The zero-order valence-corrected chi connectivity index (χ0v) is 9.63. The average Bonchev–Trinajstić information content (AvgIpc) is 2.22. The predicted octanol–water partition coefficient (Wildman–Crippen LogP) is 2.32. The number of aliphatic hydroxyl groups is 1. The first-order valence-electron chi connectivity index (χ1n) is 6.19. The highest BCUT2D eigenvalue weighted by atomic mass is 16.3. The van der Waals surface area contributed by atoms with Crippen molar-refractivity contribution in [2.24, 2.45) is 5.92 Å². The van der Waals surface area contributed by atoms with Crippen molar-refractivity contribution >= 4 is 0 Å². The Morgan fingerprint density at radius 3 is 2.43 bits per heavy atom. The summed E-state index contributed by atoms with van der Waals surface area (Å²) in [7, 11) is 0. The van der Waals surface area contributed by atoms with Crippen LogP contribution in [-0.4, -0.2) is 23.8 Å². The van der Waals surface area contributed by atoms with Crippen molar-refractivity contribution in [2.45, 2.75) is 64.5 Å². The van der Waals surface area contributed by atoms with Gasteiger partial charge in [-0.2, -0.15) is 0 Å².